The van der Waals surface area contributed by atoms with Crippen molar-refractivity contribution in [1.82, 2.24) is 35.7 Å². The van der Waals surface area contributed by atoms with Crippen molar-refractivity contribution in [2.45, 2.75) is 80.6 Å². The van der Waals surface area contributed by atoms with E-state index in [4.69, 9.17) is 20.2 Å². The molecule has 0 saturated heterocycles. The third-order valence-electron chi connectivity index (χ3n) is 11.6. The summed E-state index contributed by atoms with van der Waals surface area (Å²) in [6.45, 7) is 2.91. The van der Waals surface area contributed by atoms with E-state index in [9.17, 15) is 38.4 Å². The molecule has 3 aromatic rings. The molecule has 0 bridgehead atoms. The van der Waals surface area contributed by atoms with E-state index in [2.05, 4.69) is 21.3 Å². The molecule has 6 amide bonds. The van der Waals surface area contributed by atoms with Gasteiger partial charge in [0, 0.05) is 17.0 Å². The molecule has 6 N–H and O–H groups in total. The molecular formula is C41H44FN8O10Pb. The predicted octanol–water partition coefficient (Wildman–Crippen LogP) is -0.510. The van der Waals surface area contributed by atoms with Gasteiger partial charge in [0.15, 0.2) is 0 Å². The first-order valence-electron chi connectivity index (χ1n) is 19.9. The normalized spacial score (nSPS) is 18.2. The summed E-state index contributed by atoms with van der Waals surface area (Å²) >= 11 is 0.547. The molecule has 18 nitrogen and oxygen atoms in total. The topological polar surface area (TPSA) is 250 Å². The molecule has 0 spiro atoms. The average Bonchev–Trinajstić information content (AvgIpc) is 3.78. The Morgan fingerprint density at radius 1 is 1.03 bits per heavy atom. The molecule has 5 heterocycles. The van der Waals surface area contributed by atoms with Gasteiger partial charge in [0.05, 0.1) is 34.9 Å². The third-order valence-corrected chi connectivity index (χ3v) is 13.2. The molecule has 3 aliphatic heterocycles. The maximum absolute atomic E-state index is 15.3. The van der Waals surface area contributed by atoms with Crippen molar-refractivity contribution in [2.24, 2.45) is 5.73 Å². The molecule has 4 aliphatic rings. The van der Waals surface area contributed by atoms with Gasteiger partial charge >= 0.3 is 218 Å². The van der Waals surface area contributed by atoms with Crippen molar-refractivity contribution in [2.75, 3.05) is 33.0 Å². The molecule has 61 heavy (non-hydrogen) atoms. The second-order valence-electron chi connectivity index (χ2n) is 15.2. The zero-order chi connectivity index (χ0) is 43.7. The molecule has 4 unspecified atom stereocenters. The van der Waals surface area contributed by atoms with E-state index in [1.807, 2.05) is 13.0 Å². The van der Waals surface area contributed by atoms with Crippen molar-refractivity contribution < 1.29 is 47.4 Å². The monoisotopic (exact) mass is 1040 g/mol. The minimum Gasteiger partial charge on any atom is -0.0262 e. The molecule has 319 valence electrons. The number of carbonyl (C=O) groups is 7. The van der Waals surface area contributed by atoms with Gasteiger partial charge in [-0.2, -0.15) is 0 Å². The van der Waals surface area contributed by atoms with Crippen LogP contribution in [0.1, 0.15) is 71.4 Å². The van der Waals surface area contributed by atoms with E-state index < -0.39 is 53.4 Å². The number of nitrogens with two attached hydrogens (primary N) is 1. The van der Waals surface area contributed by atoms with Crippen molar-refractivity contribution >= 4 is 78.1 Å². The minimum atomic E-state index is -1.23. The number of ether oxygens (including phenoxy) is 2. The van der Waals surface area contributed by atoms with Crippen molar-refractivity contribution in [3.05, 3.63) is 73.8 Å². The van der Waals surface area contributed by atoms with Crippen molar-refractivity contribution in [1.29, 1.82) is 0 Å². The number of nitrogens with one attached hydrogen (secondary N) is 4. The first-order chi connectivity index (χ1) is 29.3. The fraction of sp³-hybridized carbons (Fsp3) is 0.439. The van der Waals surface area contributed by atoms with E-state index in [0.29, 0.717) is 82.6 Å². The number of esters is 1. The molecule has 1 aromatic carbocycles. The van der Waals surface area contributed by atoms with Crippen molar-refractivity contribution in [3.63, 3.8) is 0 Å². The number of amides is 6. The number of hydrogen-bond acceptors (Lipinski definition) is 12. The summed E-state index contributed by atoms with van der Waals surface area (Å²) in [5.41, 5.74) is 11.2. The van der Waals surface area contributed by atoms with E-state index in [0.717, 1.165) is 39.1 Å². The molecule has 7 rings (SSSR count). The Labute approximate surface area is 364 Å². The number of cyclic esters (lactones) is 1. The van der Waals surface area contributed by atoms with Gasteiger partial charge in [-0.15, -0.1) is 0 Å². The summed E-state index contributed by atoms with van der Waals surface area (Å²) in [4.78, 5) is 107. The number of benzene rings is 1. The number of hydrogen-bond donors (Lipinski definition) is 5. The second-order valence-corrected chi connectivity index (χ2v) is 16.8. The SMILES string of the molecule is CCC1C(=O)OCc2c1cc1n(c2=O)Cc2c-1nc1cc(F)c(C)c3c1c2C(COCNC(=O)CNC(=O)C([CH2][Pb])NC(=O)CCNC(=O)C(CN)N1C(=O)C=CC1=O)CC3. The van der Waals surface area contributed by atoms with Gasteiger partial charge in [-0.1, -0.05) is 6.92 Å². The fourth-order valence-electron chi connectivity index (χ4n) is 8.47. The van der Waals surface area contributed by atoms with Crippen LogP contribution in [-0.2, 0) is 62.6 Å². The summed E-state index contributed by atoms with van der Waals surface area (Å²) in [6, 6.07) is 1.12. The molecule has 2 aromatic heterocycles. The van der Waals surface area contributed by atoms with E-state index in [1.54, 1.807) is 11.5 Å². The quantitative estimate of drug-likeness (QED) is 0.0313. The molecule has 0 saturated carbocycles. The van der Waals surface area contributed by atoms with Gasteiger partial charge in [0.1, 0.15) is 12.4 Å². The number of rotatable bonds is 16. The zero-order valence-electron chi connectivity index (χ0n) is 33.5. The van der Waals surface area contributed by atoms with Crippen LogP contribution in [-0.4, -0.2) is 127 Å². The third kappa shape index (κ3) is 8.46. The number of pyridine rings is 2. The van der Waals surface area contributed by atoms with Gasteiger partial charge in [0.25, 0.3) is 5.56 Å². The Kier molecular flexibility index (Phi) is 13.1. The number of fused-ring (bicyclic) bond motifs is 5. The fourth-order valence-corrected chi connectivity index (χ4v) is 9.58. The summed E-state index contributed by atoms with van der Waals surface area (Å²) in [5, 5.41) is 11.1. The predicted molar refractivity (Wildman–Crippen MR) is 215 cm³/mol. The Morgan fingerprint density at radius 3 is 2.49 bits per heavy atom. The summed E-state index contributed by atoms with van der Waals surface area (Å²) in [7, 11) is 0. The Morgan fingerprint density at radius 2 is 1.79 bits per heavy atom. The van der Waals surface area contributed by atoms with Gasteiger partial charge < -0.3 is 9.30 Å². The zero-order valence-corrected chi connectivity index (χ0v) is 37.4. The van der Waals surface area contributed by atoms with Crippen LogP contribution in [0.3, 0.4) is 0 Å². The smallest absolute Gasteiger partial charge is 0.0262 e. The molecule has 20 heteroatoms. The summed E-state index contributed by atoms with van der Waals surface area (Å²) in [5.74, 6) is -5.19. The van der Waals surface area contributed by atoms with Crippen LogP contribution in [0.2, 0.25) is 3.98 Å². The Balaban J connectivity index is 0.935. The summed E-state index contributed by atoms with van der Waals surface area (Å²) in [6.07, 6.45) is 3.52. The average molecular weight is 1040 g/mol. The number of carbonyl (C=O) groups excluding carboxylic acids is 7. The van der Waals surface area contributed by atoms with Gasteiger partial charge in [0.2, 0.25) is 0 Å². The molecule has 0 fully saturated rings. The number of halogens is 1. The van der Waals surface area contributed by atoms with Gasteiger partial charge in [-0.05, 0) is 42.5 Å². The maximum atomic E-state index is 15.3. The first-order valence-corrected chi connectivity index (χ1v) is 22.7. The van der Waals surface area contributed by atoms with Crippen LogP contribution in [0.5, 0.6) is 0 Å². The van der Waals surface area contributed by atoms with Crippen LogP contribution in [0.15, 0.2) is 29.1 Å². The van der Waals surface area contributed by atoms with Crippen LogP contribution in [0.25, 0.3) is 22.3 Å². The van der Waals surface area contributed by atoms with Crippen LogP contribution >= 0.6 is 0 Å². The summed E-state index contributed by atoms with van der Waals surface area (Å²) < 4.78 is 28.6. The molecule has 1 aliphatic carbocycles. The van der Waals surface area contributed by atoms with Gasteiger partial charge in [-0.3, -0.25) is 9.59 Å². The number of imide groups is 1. The Hall–Kier alpha value is -5.42. The standard InChI is InChI=1S/C41H44FN8O10.Pb/c1-4-22-24-11-29-37-25(15-49(29)40(57)26(24)17-60-41(22)58)35-21(5-6-23-19(2)27(42)12-28(48-37)36(23)35)16-59-18-46-32(52)14-45-38(55)20(3)47-31(51)9-10-44-39(56)30(13-43)50-33(53)7-8-34(50)54;/h7-8,11-12,20-22,30H,3-6,9-10,13-18,43H2,1-2H3,(H,44,56)(H,45,55)(H,46,52)(H,47,51);. The molecule has 4 atom stereocenters. The van der Waals surface area contributed by atoms with Crippen LogP contribution in [0.4, 0.5) is 4.39 Å². The number of nitrogens with zero attached hydrogens (tertiary/aromatic N) is 3. The van der Waals surface area contributed by atoms with Crippen LogP contribution in [0, 0.1) is 12.7 Å². The number of aromatic nitrogens is 2. The number of aryl methyl sites for hydroxylation is 1. The molecular weight excluding hydrogens is 991 g/mol. The minimum absolute atomic E-state index is 0.102. The van der Waals surface area contributed by atoms with E-state index >= 15 is 4.39 Å². The van der Waals surface area contributed by atoms with Crippen LogP contribution < -0.4 is 32.6 Å². The Bertz CT molecular complexity index is 2450. The van der Waals surface area contributed by atoms with E-state index in [1.165, 1.54) is 6.07 Å². The second kappa shape index (κ2) is 18.3. The first kappa shape index (κ1) is 43.7. The van der Waals surface area contributed by atoms with Crippen molar-refractivity contribution in [3.8, 4) is 11.4 Å². The molecule has 3 radical (unpaired) electrons. The van der Waals surface area contributed by atoms with E-state index in [-0.39, 0.29) is 75.8 Å². The van der Waals surface area contributed by atoms with Gasteiger partial charge in [-0.25, -0.2) is 9.37 Å².